The molecule has 0 atom stereocenters. The number of fused-ring (bicyclic) bond motifs is 3. The van der Waals surface area contributed by atoms with E-state index in [4.69, 9.17) is 11.6 Å². The van der Waals surface area contributed by atoms with Gasteiger partial charge in [0, 0.05) is 39.2 Å². The van der Waals surface area contributed by atoms with E-state index in [-0.39, 0.29) is 30.6 Å². The third-order valence-electron chi connectivity index (χ3n) is 5.63. The molecule has 2 amide bonds. The predicted molar refractivity (Wildman–Crippen MR) is 138 cm³/mol. The topological polar surface area (TPSA) is 113 Å². The van der Waals surface area contributed by atoms with Crippen LogP contribution in [0.15, 0.2) is 79.0 Å². The fourth-order valence-corrected chi connectivity index (χ4v) is 4.02. The highest BCUT2D eigenvalue weighted by Crippen LogP contribution is 2.34. The molecule has 0 spiro atoms. The Morgan fingerprint density at radius 1 is 0.972 bits per heavy atom. The minimum absolute atomic E-state index is 0.0874. The van der Waals surface area contributed by atoms with Gasteiger partial charge in [0.2, 0.25) is 11.9 Å². The number of hydrogen-bond donors (Lipinski definition) is 3. The second-order valence-corrected chi connectivity index (χ2v) is 8.59. The Morgan fingerprint density at radius 2 is 1.75 bits per heavy atom. The number of anilines is 3. The van der Waals surface area contributed by atoms with E-state index in [1.807, 2.05) is 12.1 Å². The van der Waals surface area contributed by atoms with Gasteiger partial charge in [0.05, 0.1) is 24.3 Å². The Labute approximate surface area is 211 Å². The zero-order valence-corrected chi connectivity index (χ0v) is 19.7. The first-order chi connectivity index (χ1) is 17.5. The molecular weight excluding hydrogens is 478 g/mol. The van der Waals surface area contributed by atoms with E-state index in [1.165, 1.54) is 0 Å². The van der Waals surface area contributed by atoms with Gasteiger partial charge in [-0.3, -0.25) is 14.4 Å². The number of benzene rings is 3. The number of carbonyl (C=O) groups excluding carboxylic acids is 3. The summed E-state index contributed by atoms with van der Waals surface area (Å²) in [6, 6.07) is 20.8. The molecule has 9 heteroatoms. The maximum Gasteiger partial charge on any atom is 0.251 e. The number of nitrogens with one attached hydrogen (secondary N) is 3. The Morgan fingerprint density at radius 3 is 2.53 bits per heavy atom. The Kier molecular flexibility index (Phi) is 6.42. The molecule has 2 heterocycles. The minimum Gasteiger partial charge on any atom is -0.345 e. The van der Waals surface area contributed by atoms with Crippen molar-refractivity contribution >= 4 is 46.5 Å². The Bertz CT molecular complexity index is 1470. The zero-order chi connectivity index (χ0) is 25.1. The van der Waals surface area contributed by atoms with E-state index < -0.39 is 0 Å². The van der Waals surface area contributed by atoms with Crippen molar-refractivity contribution in [2.75, 3.05) is 17.2 Å². The van der Waals surface area contributed by atoms with Crippen LogP contribution in [0.4, 0.5) is 17.3 Å². The van der Waals surface area contributed by atoms with Gasteiger partial charge in [-0.05, 0) is 42.5 Å². The third kappa shape index (κ3) is 5.08. The quantitative estimate of drug-likeness (QED) is 0.334. The van der Waals surface area contributed by atoms with Gasteiger partial charge in [-0.2, -0.15) is 0 Å². The van der Waals surface area contributed by atoms with Gasteiger partial charge in [0.15, 0.2) is 5.78 Å². The normalized spacial score (nSPS) is 12.0. The maximum atomic E-state index is 12.5. The van der Waals surface area contributed by atoms with Crippen molar-refractivity contribution in [1.29, 1.82) is 0 Å². The first kappa shape index (κ1) is 23.2. The van der Waals surface area contributed by atoms with Crippen LogP contribution in [0.25, 0.3) is 11.3 Å². The minimum atomic E-state index is -0.348. The lowest BCUT2D eigenvalue weighted by molar-refractivity contribution is -0.115. The number of Topliss-reactive ketones (excluding diaryl/α,β-unsaturated/α-hetero) is 1. The van der Waals surface area contributed by atoms with Gasteiger partial charge >= 0.3 is 0 Å². The second kappa shape index (κ2) is 9.97. The first-order valence-corrected chi connectivity index (χ1v) is 11.5. The van der Waals surface area contributed by atoms with Gasteiger partial charge in [0.25, 0.3) is 5.91 Å². The average molecular weight is 498 g/mol. The van der Waals surface area contributed by atoms with Gasteiger partial charge in [-0.15, -0.1) is 0 Å². The van der Waals surface area contributed by atoms with Crippen molar-refractivity contribution in [1.82, 2.24) is 15.3 Å². The van der Waals surface area contributed by atoms with E-state index in [1.54, 1.807) is 66.9 Å². The van der Waals surface area contributed by atoms with Crippen LogP contribution in [-0.4, -0.2) is 34.1 Å². The molecule has 3 N–H and O–H groups in total. The van der Waals surface area contributed by atoms with E-state index >= 15 is 0 Å². The molecule has 0 saturated heterocycles. The van der Waals surface area contributed by atoms with Crippen LogP contribution in [0.2, 0.25) is 5.02 Å². The summed E-state index contributed by atoms with van der Waals surface area (Å²) in [7, 11) is 0. The van der Waals surface area contributed by atoms with Gasteiger partial charge < -0.3 is 16.0 Å². The summed E-state index contributed by atoms with van der Waals surface area (Å²) in [6.45, 7) is -0.0874. The van der Waals surface area contributed by atoms with Crippen molar-refractivity contribution in [2.45, 2.75) is 6.42 Å². The van der Waals surface area contributed by atoms with E-state index in [9.17, 15) is 14.4 Å². The monoisotopic (exact) mass is 497 g/mol. The fraction of sp³-hybridized carbons (Fsp3) is 0.0741. The fourth-order valence-electron chi connectivity index (χ4n) is 3.85. The molecule has 1 aliphatic heterocycles. The van der Waals surface area contributed by atoms with Crippen LogP contribution in [0.5, 0.6) is 0 Å². The molecule has 5 rings (SSSR count). The molecule has 1 aliphatic rings. The molecule has 1 aromatic heterocycles. The Hall–Kier alpha value is -4.56. The van der Waals surface area contributed by atoms with Crippen LogP contribution in [0, 0.1) is 0 Å². The number of ketones is 1. The molecule has 0 aliphatic carbocycles. The molecule has 36 heavy (non-hydrogen) atoms. The molecule has 0 unspecified atom stereocenters. The van der Waals surface area contributed by atoms with Crippen LogP contribution < -0.4 is 16.0 Å². The highest BCUT2D eigenvalue weighted by Gasteiger charge is 2.21. The summed E-state index contributed by atoms with van der Waals surface area (Å²) < 4.78 is 0. The second-order valence-electron chi connectivity index (χ2n) is 8.16. The summed E-state index contributed by atoms with van der Waals surface area (Å²) in [6.07, 6.45) is 1.78. The van der Waals surface area contributed by atoms with Crippen LogP contribution in [-0.2, 0) is 11.2 Å². The predicted octanol–water partition coefficient (Wildman–Crippen LogP) is 4.65. The first-order valence-electron chi connectivity index (χ1n) is 11.2. The summed E-state index contributed by atoms with van der Waals surface area (Å²) >= 11 is 6.10. The molecule has 0 saturated carbocycles. The number of nitrogens with zero attached hydrogens (tertiary/aromatic N) is 2. The van der Waals surface area contributed by atoms with Gasteiger partial charge in [0.1, 0.15) is 0 Å². The van der Waals surface area contributed by atoms with Crippen molar-refractivity contribution in [3.63, 3.8) is 0 Å². The van der Waals surface area contributed by atoms with Gasteiger partial charge in [-0.25, -0.2) is 9.97 Å². The zero-order valence-electron chi connectivity index (χ0n) is 18.9. The Balaban J connectivity index is 1.29. The molecule has 0 fully saturated rings. The molecule has 178 valence electrons. The lowest BCUT2D eigenvalue weighted by atomic mass is 10.1. The summed E-state index contributed by atoms with van der Waals surface area (Å²) in [4.78, 5) is 45.9. The standard InChI is InChI=1S/C27H20ClN5O3/c28-19-8-11-21-22(13-19)32-24(35)12-18-14-30-27(33-25(18)21)31-20-9-6-17(7-10-20)26(36)29-15-23(34)16-4-2-1-3-5-16/h1-11,13-14H,12,15H2,(H,29,36)(H,32,35)(H,30,31,33). The third-order valence-corrected chi connectivity index (χ3v) is 5.87. The molecule has 4 aromatic rings. The lowest BCUT2D eigenvalue weighted by Crippen LogP contribution is -2.29. The van der Waals surface area contributed by atoms with Gasteiger partial charge in [-0.1, -0.05) is 41.9 Å². The number of rotatable bonds is 6. The number of carbonyl (C=O) groups is 3. The van der Waals surface area contributed by atoms with Crippen molar-refractivity contribution in [3.8, 4) is 11.3 Å². The largest absolute Gasteiger partial charge is 0.345 e. The van der Waals surface area contributed by atoms with Crippen molar-refractivity contribution in [2.24, 2.45) is 0 Å². The number of halogens is 1. The molecule has 0 radical (unpaired) electrons. The SMILES string of the molecule is O=C1Cc2cnc(Nc3ccc(C(=O)NCC(=O)c4ccccc4)cc3)nc2-c2ccc(Cl)cc2N1. The summed E-state index contributed by atoms with van der Waals surface area (Å²) in [5.41, 5.74) is 4.32. The smallest absolute Gasteiger partial charge is 0.251 e. The summed E-state index contributed by atoms with van der Waals surface area (Å²) in [5.74, 6) is -0.335. The number of hydrogen-bond acceptors (Lipinski definition) is 6. The van der Waals surface area contributed by atoms with E-state index in [0.29, 0.717) is 44.7 Å². The van der Waals surface area contributed by atoms with Crippen LogP contribution in [0.1, 0.15) is 26.3 Å². The average Bonchev–Trinajstić information content (AvgIpc) is 3.02. The van der Waals surface area contributed by atoms with Crippen LogP contribution >= 0.6 is 11.6 Å². The van der Waals surface area contributed by atoms with Crippen molar-refractivity contribution < 1.29 is 14.4 Å². The summed E-state index contributed by atoms with van der Waals surface area (Å²) in [5, 5.41) is 9.14. The van der Waals surface area contributed by atoms with E-state index in [0.717, 1.165) is 5.56 Å². The molecular formula is C27H20ClN5O3. The number of aromatic nitrogens is 2. The molecule has 0 bridgehead atoms. The number of amides is 2. The highest BCUT2D eigenvalue weighted by molar-refractivity contribution is 6.31. The molecule has 8 nitrogen and oxygen atoms in total. The van der Waals surface area contributed by atoms with Crippen molar-refractivity contribution in [3.05, 3.63) is 101 Å². The highest BCUT2D eigenvalue weighted by atomic mass is 35.5. The lowest BCUT2D eigenvalue weighted by Gasteiger charge is -2.11. The van der Waals surface area contributed by atoms with Crippen LogP contribution in [0.3, 0.4) is 0 Å². The van der Waals surface area contributed by atoms with E-state index in [2.05, 4.69) is 25.9 Å². The maximum absolute atomic E-state index is 12.5. The molecule has 3 aromatic carbocycles.